The van der Waals surface area contributed by atoms with Crippen molar-refractivity contribution in [3.63, 3.8) is 0 Å². The van der Waals surface area contributed by atoms with Crippen molar-refractivity contribution in [3.05, 3.63) is 0 Å². The molecule has 50 valence electrons. The van der Waals surface area contributed by atoms with Crippen LogP contribution in [0.25, 0.3) is 0 Å². The smallest absolute Gasteiger partial charge is 0.321 e. The van der Waals surface area contributed by atoms with Gasteiger partial charge in [0.2, 0.25) is 5.91 Å². The second-order valence-electron chi connectivity index (χ2n) is 2.10. The van der Waals surface area contributed by atoms with Crippen LogP contribution in [0.1, 0.15) is 6.92 Å². The summed E-state index contributed by atoms with van der Waals surface area (Å²) < 4.78 is 0. The minimum Gasteiger partial charge on any atom is -0.337 e. The van der Waals surface area contributed by atoms with Crippen LogP contribution in [0.4, 0.5) is 4.79 Å². The van der Waals surface area contributed by atoms with Crippen molar-refractivity contribution >= 4 is 11.9 Å². The van der Waals surface area contributed by atoms with Gasteiger partial charge in [0.25, 0.3) is 0 Å². The van der Waals surface area contributed by atoms with Gasteiger partial charge in [-0.25, -0.2) is 4.79 Å². The fourth-order valence-corrected chi connectivity index (χ4v) is 0.618. The van der Waals surface area contributed by atoms with Gasteiger partial charge < -0.3 is 5.32 Å². The second kappa shape index (κ2) is 2.05. The number of rotatable bonds is 0. The van der Waals surface area contributed by atoms with Gasteiger partial charge in [0.1, 0.15) is 0 Å². The maximum atomic E-state index is 10.6. The van der Waals surface area contributed by atoms with Gasteiger partial charge >= 0.3 is 6.03 Å². The van der Waals surface area contributed by atoms with E-state index in [4.69, 9.17) is 0 Å². The largest absolute Gasteiger partial charge is 0.337 e. The number of nitrogens with one attached hydrogen (secondary N) is 2. The lowest BCUT2D eigenvalue weighted by Gasteiger charge is -2.17. The zero-order valence-electron chi connectivity index (χ0n) is 5.10. The van der Waals surface area contributed by atoms with Gasteiger partial charge in [-0.05, 0) is 0 Å². The molecule has 0 aromatic rings. The average molecular weight is 135 g/mol. The minimum absolute atomic E-state index is 0.0947. The Morgan fingerprint density at radius 1 is 1.56 bits per heavy atom. The van der Waals surface area contributed by atoms with Crippen LogP contribution >= 0.6 is 0 Å². The van der Waals surface area contributed by atoms with E-state index in [1.54, 1.807) is 6.92 Å². The van der Waals surface area contributed by atoms with Crippen molar-refractivity contribution in [2.24, 2.45) is 5.92 Å². The van der Waals surface area contributed by atoms with Gasteiger partial charge in [-0.3, -0.25) is 10.1 Å². The summed E-state index contributed by atoms with van der Waals surface area (Å²) in [5.41, 5.74) is 0. The molecule has 0 bridgehead atoms. The molecular formula is C5H8N2O2. The zero-order chi connectivity index (χ0) is 6.85. The SMILES string of the molecule is [13CH3][13CH]1[13CH2][15NH][13C](=O)[15NH][13C]1=O. The minimum atomic E-state index is -0.391. The first-order valence-corrected chi connectivity index (χ1v) is 2.79. The topological polar surface area (TPSA) is 58.2 Å². The van der Waals surface area contributed by atoms with Crippen LogP contribution in [0.2, 0.25) is 0 Å². The van der Waals surface area contributed by atoms with E-state index in [9.17, 15) is 9.59 Å². The van der Waals surface area contributed by atoms with Gasteiger partial charge in [-0.15, -0.1) is 0 Å². The Labute approximate surface area is 52.6 Å². The Balaban J connectivity index is 2.54. The molecule has 0 radical (unpaired) electrons. The number of carbonyl (C=O) groups excluding carboxylic acids is 2. The quantitative estimate of drug-likeness (QED) is 0.346. The van der Waals surface area contributed by atoms with Crippen molar-refractivity contribution < 1.29 is 9.59 Å². The van der Waals surface area contributed by atoms with E-state index in [1.807, 2.05) is 0 Å². The van der Waals surface area contributed by atoms with Crippen LogP contribution in [-0.2, 0) is 4.79 Å². The molecule has 4 nitrogen and oxygen atoms in total. The predicted octanol–water partition coefficient (Wildman–Crippen LogP) is -0.538. The van der Waals surface area contributed by atoms with Crippen molar-refractivity contribution in [3.8, 4) is 0 Å². The molecule has 1 rings (SSSR count). The molecule has 1 atom stereocenters. The number of imide groups is 1. The zero-order valence-corrected chi connectivity index (χ0v) is 5.10. The average Bonchev–Trinajstić information content (AvgIpc) is 1.80. The fourth-order valence-electron chi connectivity index (χ4n) is 0.618. The molecular weight excluding hydrogens is 127 g/mol. The van der Waals surface area contributed by atoms with Gasteiger partial charge in [0, 0.05) is 6.54 Å². The summed E-state index contributed by atoms with van der Waals surface area (Å²) in [6, 6.07) is -0.391. The van der Waals surface area contributed by atoms with Crippen LogP contribution in [0.5, 0.6) is 0 Å². The van der Waals surface area contributed by atoms with Crippen molar-refractivity contribution in [2.45, 2.75) is 6.92 Å². The molecule has 0 saturated carbocycles. The molecule has 1 saturated heterocycles. The molecule has 0 aromatic heterocycles. The Hall–Kier alpha value is -1.06. The standard InChI is InChI=1S/C5H8N2O2/c1-3-2-6-5(9)7-4(3)8/h3H,2H2,1H3,(H2,6,7,8,9)/i1+1,2+1,3+1,4+1,5+1,6+1,7+1. The van der Waals surface area contributed by atoms with Crippen LogP contribution in [0.3, 0.4) is 0 Å². The summed E-state index contributed by atoms with van der Waals surface area (Å²) >= 11 is 0. The Kier molecular flexibility index (Phi) is 1.38. The number of hydrogen-bond acceptors (Lipinski definition) is 2. The van der Waals surface area contributed by atoms with Gasteiger partial charge in [-0.2, -0.15) is 0 Å². The summed E-state index contributed by atoms with van der Waals surface area (Å²) in [5.74, 6) is -0.290. The monoisotopic (exact) mass is 135 g/mol. The molecule has 0 aromatic carbocycles. The molecule has 1 heterocycles. The predicted molar refractivity (Wildman–Crippen MR) is 30.7 cm³/mol. The van der Waals surface area contributed by atoms with E-state index < -0.39 is 6.03 Å². The Morgan fingerprint density at radius 2 is 2.22 bits per heavy atom. The molecule has 1 fully saturated rings. The third-order valence-electron chi connectivity index (χ3n) is 1.25. The lowest BCUT2D eigenvalue weighted by molar-refractivity contribution is -0.123. The van der Waals surface area contributed by atoms with Crippen molar-refractivity contribution in [1.82, 2.24) is 10.6 Å². The number of urea groups is 1. The summed E-state index contributed by atoms with van der Waals surface area (Å²) in [6.07, 6.45) is 0. The first-order chi connectivity index (χ1) is 4.20. The van der Waals surface area contributed by atoms with E-state index in [2.05, 4.69) is 10.6 Å². The molecule has 0 spiro atoms. The normalized spacial score (nSPS) is 27.0. The molecule has 9 heavy (non-hydrogen) atoms. The van der Waals surface area contributed by atoms with Crippen LogP contribution in [0.15, 0.2) is 0 Å². The molecule has 4 heteroatoms. The third kappa shape index (κ3) is 1.19. The lowest BCUT2D eigenvalue weighted by Crippen LogP contribution is -2.51. The molecule has 2 N–H and O–H groups in total. The third-order valence-corrected chi connectivity index (χ3v) is 1.25. The summed E-state index contributed by atoms with van der Waals surface area (Å²) in [7, 11) is 0. The maximum Gasteiger partial charge on any atom is 0.321 e. The van der Waals surface area contributed by atoms with E-state index in [0.29, 0.717) is 6.54 Å². The first-order valence-electron chi connectivity index (χ1n) is 2.79. The highest BCUT2D eigenvalue weighted by molar-refractivity contribution is 5.97. The highest BCUT2D eigenvalue weighted by Gasteiger charge is 2.20. The summed E-state index contributed by atoms with van der Waals surface area (Å²) in [4.78, 5) is 21.0. The van der Waals surface area contributed by atoms with Gasteiger partial charge in [-0.1, -0.05) is 6.92 Å². The van der Waals surface area contributed by atoms with Crippen LogP contribution < -0.4 is 10.6 Å². The van der Waals surface area contributed by atoms with Gasteiger partial charge in [0.15, 0.2) is 0 Å². The summed E-state index contributed by atoms with van der Waals surface area (Å²) in [5, 5.41) is 4.63. The fraction of sp³-hybridized carbons (Fsp3) is 0.600. The van der Waals surface area contributed by atoms with E-state index in [0.717, 1.165) is 0 Å². The number of amides is 3. The number of carbonyl (C=O) groups is 2. The molecule has 0 aliphatic carbocycles. The van der Waals surface area contributed by atoms with Crippen molar-refractivity contribution in [1.29, 1.82) is 0 Å². The van der Waals surface area contributed by atoms with Crippen LogP contribution in [0, 0.1) is 5.92 Å². The van der Waals surface area contributed by atoms with Gasteiger partial charge in [0.05, 0.1) is 5.92 Å². The molecule has 1 aliphatic heterocycles. The van der Waals surface area contributed by atoms with Crippen molar-refractivity contribution in [2.75, 3.05) is 6.54 Å². The Bertz CT molecular complexity index is 155. The highest BCUT2D eigenvalue weighted by Crippen LogP contribution is 1.95. The lowest BCUT2D eigenvalue weighted by atomic mass is 11.1. The molecule has 1 unspecified atom stereocenters. The first kappa shape index (κ1) is 6.07. The summed E-state index contributed by atoms with van der Waals surface area (Å²) in [6.45, 7) is 2.21. The molecule has 3 amide bonds. The number of hydrogen-bond donors (Lipinski definition) is 2. The van der Waals surface area contributed by atoms with E-state index >= 15 is 0 Å². The van der Waals surface area contributed by atoms with E-state index in [1.165, 1.54) is 0 Å². The second-order valence-corrected chi connectivity index (χ2v) is 2.10. The van der Waals surface area contributed by atoms with Crippen LogP contribution in [-0.4, -0.2) is 18.5 Å². The maximum absolute atomic E-state index is 10.6. The Morgan fingerprint density at radius 3 is 2.67 bits per heavy atom. The van der Waals surface area contributed by atoms with E-state index in [-0.39, 0.29) is 11.8 Å². The highest BCUT2D eigenvalue weighted by atomic mass is 16.4. The molecule has 1 aliphatic rings.